The molecule has 1 amide bonds. The Hall–Kier alpha value is -4.30. The number of benzene rings is 2. The molecule has 1 atom stereocenters. The fourth-order valence-corrected chi connectivity index (χ4v) is 4.44. The van der Waals surface area contributed by atoms with Crippen LogP contribution in [0.15, 0.2) is 79.4 Å². The highest BCUT2D eigenvalue weighted by atomic mass is 16.5. The third-order valence-corrected chi connectivity index (χ3v) is 6.62. The van der Waals surface area contributed by atoms with Crippen molar-refractivity contribution in [2.24, 2.45) is 0 Å². The van der Waals surface area contributed by atoms with Crippen molar-refractivity contribution in [2.45, 2.75) is 25.8 Å². The fraction of sp³-hybridized carbons (Fsp3) is 0.241. The monoisotopic (exact) mass is 494 g/mol. The van der Waals surface area contributed by atoms with Crippen LogP contribution in [0.1, 0.15) is 28.8 Å². The van der Waals surface area contributed by atoms with E-state index in [2.05, 4.69) is 37.5 Å². The Morgan fingerprint density at radius 2 is 2.00 bits per heavy atom. The standard InChI is InChI=1S/C29H30N6O2/c1-20-10-11-21(16-27(20)34-28-25(9-4-13-31-28)26-12-14-30-19-32-26)29(36)33-22-6-3-8-24(17-22)37-18-23-7-5-15-35(23)2/h3-4,6,8-14,16-17,19,23H,5,7,15,18H2,1-2H3,(H,31,34)(H,33,36)/t23-/m0/s1. The van der Waals surface area contributed by atoms with Crippen molar-refractivity contribution in [3.8, 4) is 17.0 Å². The summed E-state index contributed by atoms with van der Waals surface area (Å²) in [5.74, 6) is 1.20. The quantitative estimate of drug-likeness (QED) is 0.343. The van der Waals surface area contributed by atoms with E-state index in [0.29, 0.717) is 29.7 Å². The molecule has 4 aromatic rings. The first-order valence-corrected chi connectivity index (χ1v) is 12.4. The van der Waals surface area contributed by atoms with E-state index in [1.54, 1.807) is 12.4 Å². The van der Waals surface area contributed by atoms with Gasteiger partial charge in [-0.2, -0.15) is 0 Å². The molecule has 8 heteroatoms. The lowest BCUT2D eigenvalue weighted by Crippen LogP contribution is -2.30. The molecule has 1 saturated heterocycles. The maximum Gasteiger partial charge on any atom is 0.255 e. The Labute approximate surface area is 216 Å². The van der Waals surface area contributed by atoms with Crippen molar-refractivity contribution in [1.29, 1.82) is 0 Å². The molecular weight excluding hydrogens is 464 g/mol. The predicted octanol–water partition coefficient (Wildman–Crippen LogP) is 5.32. The van der Waals surface area contributed by atoms with E-state index in [1.165, 1.54) is 12.7 Å². The van der Waals surface area contributed by atoms with Gasteiger partial charge in [0.15, 0.2) is 0 Å². The lowest BCUT2D eigenvalue weighted by molar-refractivity contribution is 0.102. The number of pyridine rings is 1. The van der Waals surface area contributed by atoms with Crippen LogP contribution in [-0.4, -0.2) is 52.0 Å². The molecule has 0 spiro atoms. The van der Waals surface area contributed by atoms with Gasteiger partial charge in [0.05, 0.1) is 5.69 Å². The number of nitrogens with one attached hydrogen (secondary N) is 2. The van der Waals surface area contributed by atoms with Crippen LogP contribution >= 0.6 is 0 Å². The minimum Gasteiger partial charge on any atom is -0.492 e. The number of rotatable bonds is 8. The second-order valence-electron chi connectivity index (χ2n) is 9.22. The van der Waals surface area contributed by atoms with Crippen LogP contribution in [-0.2, 0) is 0 Å². The number of hydrogen-bond donors (Lipinski definition) is 2. The zero-order valence-electron chi connectivity index (χ0n) is 21.0. The van der Waals surface area contributed by atoms with Crippen LogP contribution < -0.4 is 15.4 Å². The second kappa shape index (κ2) is 11.2. The maximum absolute atomic E-state index is 13.1. The first-order chi connectivity index (χ1) is 18.1. The summed E-state index contributed by atoms with van der Waals surface area (Å²) >= 11 is 0. The van der Waals surface area contributed by atoms with Gasteiger partial charge in [-0.05, 0) is 81.4 Å². The van der Waals surface area contributed by atoms with Gasteiger partial charge in [-0.3, -0.25) is 4.79 Å². The van der Waals surface area contributed by atoms with Gasteiger partial charge in [-0.15, -0.1) is 0 Å². The number of nitrogens with zero attached hydrogens (tertiary/aromatic N) is 4. The third-order valence-electron chi connectivity index (χ3n) is 6.62. The molecule has 2 aromatic heterocycles. The summed E-state index contributed by atoms with van der Waals surface area (Å²) < 4.78 is 6.02. The van der Waals surface area contributed by atoms with Crippen LogP contribution in [0.4, 0.5) is 17.2 Å². The molecule has 0 radical (unpaired) electrons. The molecule has 3 heterocycles. The summed E-state index contributed by atoms with van der Waals surface area (Å²) in [6.45, 7) is 3.74. The van der Waals surface area contributed by atoms with Crippen LogP contribution in [0.3, 0.4) is 0 Å². The first kappa shape index (κ1) is 24.4. The maximum atomic E-state index is 13.1. The first-order valence-electron chi connectivity index (χ1n) is 12.4. The average molecular weight is 495 g/mol. The molecule has 0 aliphatic carbocycles. The molecular formula is C29H30N6O2. The van der Waals surface area contributed by atoms with E-state index in [0.717, 1.165) is 41.2 Å². The van der Waals surface area contributed by atoms with Crippen molar-refractivity contribution >= 4 is 23.1 Å². The number of anilines is 3. The number of likely N-dealkylation sites (tertiary alicyclic amines) is 1. The van der Waals surface area contributed by atoms with Gasteiger partial charge in [0, 0.05) is 47.0 Å². The third kappa shape index (κ3) is 5.92. The van der Waals surface area contributed by atoms with E-state index >= 15 is 0 Å². The Balaban J connectivity index is 1.29. The van der Waals surface area contributed by atoms with Crippen LogP contribution in [0.2, 0.25) is 0 Å². The average Bonchev–Trinajstić information content (AvgIpc) is 3.34. The van der Waals surface area contributed by atoms with Gasteiger partial charge < -0.3 is 20.3 Å². The molecule has 0 saturated carbocycles. The molecule has 1 aliphatic heterocycles. The molecule has 5 rings (SSSR count). The topological polar surface area (TPSA) is 92.3 Å². The highest BCUT2D eigenvalue weighted by molar-refractivity contribution is 6.05. The molecule has 188 valence electrons. The zero-order chi connectivity index (χ0) is 25.6. The molecule has 0 bridgehead atoms. The Bertz CT molecular complexity index is 1380. The summed E-state index contributed by atoms with van der Waals surface area (Å²) in [7, 11) is 2.13. The Kier molecular flexibility index (Phi) is 7.37. The van der Waals surface area contributed by atoms with E-state index in [-0.39, 0.29) is 5.91 Å². The highest BCUT2D eigenvalue weighted by Gasteiger charge is 2.21. The van der Waals surface area contributed by atoms with Crippen molar-refractivity contribution in [3.05, 3.63) is 90.5 Å². The van der Waals surface area contributed by atoms with Gasteiger partial charge >= 0.3 is 0 Å². The molecule has 1 fully saturated rings. The van der Waals surface area contributed by atoms with Crippen LogP contribution in [0.5, 0.6) is 5.75 Å². The SMILES string of the molecule is Cc1ccc(C(=O)Nc2cccc(OC[C@@H]3CCCN3C)c2)cc1Nc1ncccc1-c1ccncn1. The Morgan fingerprint density at radius 1 is 1.08 bits per heavy atom. The number of aryl methyl sites for hydroxylation is 1. The number of ether oxygens (including phenoxy) is 1. The number of amides is 1. The van der Waals surface area contributed by atoms with Crippen molar-refractivity contribution in [1.82, 2.24) is 19.9 Å². The molecule has 0 unspecified atom stereocenters. The van der Waals surface area contributed by atoms with Gasteiger partial charge in [-0.25, -0.2) is 15.0 Å². The number of hydrogen-bond acceptors (Lipinski definition) is 7. The number of carbonyl (C=O) groups is 1. The van der Waals surface area contributed by atoms with E-state index < -0.39 is 0 Å². The van der Waals surface area contributed by atoms with Crippen molar-refractivity contribution < 1.29 is 9.53 Å². The van der Waals surface area contributed by atoms with Crippen LogP contribution in [0.25, 0.3) is 11.3 Å². The molecule has 1 aliphatic rings. The van der Waals surface area contributed by atoms with Gasteiger partial charge in [0.1, 0.15) is 24.5 Å². The largest absolute Gasteiger partial charge is 0.492 e. The lowest BCUT2D eigenvalue weighted by atomic mass is 10.1. The lowest BCUT2D eigenvalue weighted by Gasteiger charge is -2.19. The van der Waals surface area contributed by atoms with Gasteiger partial charge in [-0.1, -0.05) is 12.1 Å². The summed E-state index contributed by atoms with van der Waals surface area (Å²) in [4.78, 5) is 28.3. The Morgan fingerprint density at radius 3 is 2.81 bits per heavy atom. The number of likely N-dealkylation sites (N-methyl/N-ethyl adjacent to an activating group) is 1. The summed E-state index contributed by atoms with van der Waals surface area (Å²) in [6, 6.07) is 19.2. The summed E-state index contributed by atoms with van der Waals surface area (Å²) in [5, 5.41) is 6.37. The van der Waals surface area contributed by atoms with Gasteiger partial charge in [0.2, 0.25) is 0 Å². The molecule has 2 aromatic carbocycles. The summed E-state index contributed by atoms with van der Waals surface area (Å²) in [5.41, 5.74) is 4.61. The molecule has 2 N–H and O–H groups in total. The van der Waals surface area contributed by atoms with E-state index in [1.807, 2.05) is 67.6 Å². The number of aromatic nitrogens is 3. The van der Waals surface area contributed by atoms with Crippen molar-refractivity contribution in [2.75, 3.05) is 30.8 Å². The highest BCUT2D eigenvalue weighted by Crippen LogP contribution is 2.29. The molecule has 8 nitrogen and oxygen atoms in total. The van der Waals surface area contributed by atoms with E-state index in [4.69, 9.17) is 4.74 Å². The van der Waals surface area contributed by atoms with Gasteiger partial charge in [0.25, 0.3) is 5.91 Å². The number of carbonyl (C=O) groups excluding carboxylic acids is 1. The predicted molar refractivity (Wildman–Crippen MR) is 145 cm³/mol. The fourth-order valence-electron chi connectivity index (χ4n) is 4.44. The summed E-state index contributed by atoms with van der Waals surface area (Å²) in [6.07, 6.45) is 7.28. The molecule has 37 heavy (non-hydrogen) atoms. The smallest absolute Gasteiger partial charge is 0.255 e. The minimum absolute atomic E-state index is 0.201. The zero-order valence-corrected chi connectivity index (χ0v) is 21.0. The minimum atomic E-state index is -0.201. The normalized spacial score (nSPS) is 15.4. The van der Waals surface area contributed by atoms with Crippen molar-refractivity contribution in [3.63, 3.8) is 0 Å². The van der Waals surface area contributed by atoms with E-state index in [9.17, 15) is 4.79 Å². The van der Waals surface area contributed by atoms with Crippen LogP contribution in [0, 0.1) is 6.92 Å². The second-order valence-corrected chi connectivity index (χ2v) is 9.22.